The Bertz CT molecular complexity index is 300. The highest BCUT2D eigenvalue weighted by molar-refractivity contribution is 5.49. The number of hydrogen-bond acceptors (Lipinski definition) is 1. The Labute approximate surface area is 73.9 Å². The highest BCUT2D eigenvalue weighted by atomic mass is 14.6. The maximum atomic E-state index is 5.80. The molecule has 0 bridgehead atoms. The van der Waals surface area contributed by atoms with Gasteiger partial charge in [-0.1, -0.05) is 29.8 Å². The van der Waals surface area contributed by atoms with Crippen LogP contribution in [0.4, 0.5) is 5.69 Å². The summed E-state index contributed by atoms with van der Waals surface area (Å²) in [5.41, 5.74) is 10.2. The molecule has 1 rings (SSSR count). The van der Waals surface area contributed by atoms with Gasteiger partial charge in [0.2, 0.25) is 0 Å². The average Bonchev–Trinajstić information content (AvgIpc) is 1.96. The van der Waals surface area contributed by atoms with Crippen LogP contribution in [0.15, 0.2) is 30.4 Å². The quantitative estimate of drug-likeness (QED) is 0.523. The van der Waals surface area contributed by atoms with Gasteiger partial charge in [-0.3, -0.25) is 0 Å². The van der Waals surface area contributed by atoms with Crippen molar-refractivity contribution in [3.8, 4) is 0 Å². The number of aryl methyl sites for hydroxylation is 1. The highest BCUT2D eigenvalue weighted by Gasteiger charge is 1.98. The third-order valence-corrected chi connectivity index (χ3v) is 1.79. The SMILES string of the molecule is C=C(C)Cc1cc(C)ccc1N. The van der Waals surface area contributed by atoms with E-state index in [-0.39, 0.29) is 0 Å². The van der Waals surface area contributed by atoms with Crippen molar-refractivity contribution in [3.63, 3.8) is 0 Å². The average molecular weight is 161 g/mol. The van der Waals surface area contributed by atoms with Crippen LogP contribution in [0.2, 0.25) is 0 Å². The summed E-state index contributed by atoms with van der Waals surface area (Å²) in [6, 6.07) is 6.09. The van der Waals surface area contributed by atoms with Crippen LogP contribution in [-0.4, -0.2) is 0 Å². The molecular weight excluding hydrogens is 146 g/mol. The van der Waals surface area contributed by atoms with Gasteiger partial charge in [0.1, 0.15) is 0 Å². The van der Waals surface area contributed by atoms with E-state index < -0.39 is 0 Å². The zero-order valence-corrected chi connectivity index (χ0v) is 7.72. The van der Waals surface area contributed by atoms with E-state index in [9.17, 15) is 0 Å². The smallest absolute Gasteiger partial charge is 0.0350 e. The standard InChI is InChI=1S/C11H15N/c1-8(2)6-10-7-9(3)4-5-11(10)12/h4-5,7H,1,6,12H2,2-3H3. The molecule has 0 heterocycles. The molecule has 1 aromatic rings. The third-order valence-electron chi connectivity index (χ3n) is 1.79. The molecule has 2 N–H and O–H groups in total. The lowest BCUT2D eigenvalue weighted by molar-refractivity contribution is 1.15. The molecule has 0 saturated heterocycles. The molecule has 0 aromatic heterocycles. The van der Waals surface area contributed by atoms with Gasteiger partial charge in [-0.15, -0.1) is 0 Å². The number of benzene rings is 1. The molecule has 0 amide bonds. The maximum absolute atomic E-state index is 5.80. The van der Waals surface area contributed by atoms with Crippen molar-refractivity contribution in [2.24, 2.45) is 0 Å². The Hall–Kier alpha value is -1.24. The van der Waals surface area contributed by atoms with Crippen molar-refractivity contribution >= 4 is 5.69 Å². The second kappa shape index (κ2) is 3.44. The zero-order valence-electron chi connectivity index (χ0n) is 7.72. The van der Waals surface area contributed by atoms with Gasteiger partial charge in [-0.2, -0.15) is 0 Å². The second-order valence-corrected chi connectivity index (χ2v) is 3.34. The Morgan fingerprint density at radius 1 is 1.50 bits per heavy atom. The molecule has 0 atom stereocenters. The lowest BCUT2D eigenvalue weighted by Crippen LogP contribution is -1.95. The Morgan fingerprint density at radius 3 is 2.75 bits per heavy atom. The molecule has 0 aliphatic heterocycles. The van der Waals surface area contributed by atoms with Crippen LogP contribution in [0.1, 0.15) is 18.1 Å². The first-order chi connectivity index (χ1) is 5.59. The number of nitrogens with two attached hydrogens (primary N) is 1. The number of allylic oxidation sites excluding steroid dienone is 1. The minimum Gasteiger partial charge on any atom is -0.398 e. The van der Waals surface area contributed by atoms with Gasteiger partial charge in [0.05, 0.1) is 0 Å². The first kappa shape index (κ1) is 8.85. The summed E-state index contributed by atoms with van der Waals surface area (Å²) in [6.07, 6.45) is 0.882. The van der Waals surface area contributed by atoms with E-state index in [4.69, 9.17) is 5.73 Å². The van der Waals surface area contributed by atoms with E-state index in [1.165, 1.54) is 11.1 Å². The fourth-order valence-corrected chi connectivity index (χ4v) is 1.21. The number of anilines is 1. The van der Waals surface area contributed by atoms with E-state index in [2.05, 4.69) is 19.6 Å². The molecule has 0 radical (unpaired) electrons. The van der Waals surface area contributed by atoms with Gasteiger partial charge in [-0.05, 0) is 31.9 Å². The molecule has 12 heavy (non-hydrogen) atoms. The van der Waals surface area contributed by atoms with Crippen molar-refractivity contribution in [3.05, 3.63) is 41.5 Å². The summed E-state index contributed by atoms with van der Waals surface area (Å²) in [5, 5.41) is 0. The Kier molecular flexibility index (Phi) is 2.54. The summed E-state index contributed by atoms with van der Waals surface area (Å²) in [7, 11) is 0. The molecule has 0 aliphatic carbocycles. The summed E-state index contributed by atoms with van der Waals surface area (Å²) >= 11 is 0. The molecule has 0 spiro atoms. The van der Waals surface area contributed by atoms with E-state index in [0.29, 0.717) is 0 Å². The first-order valence-electron chi connectivity index (χ1n) is 4.09. The summed E-state index contributed by atoms with van der Waals surface area (Å²) < 4.78 is 0. The van der Waals surface area contributed by atoms with Crippen molar-refractivity contribution in [2.75, 3.05) is 5.73 Å². The minimum atomic E-state index is 0.864. The van der Waals surface area contributed by atoms with Crippen LogP contribution in [0.3, 0.4) is 0 Å². The van der Waals surface area contributed by atoms with Gasteiger partial charge < -0.3 is 5.73 Å². The monoisotopic (exact) mass is 161 g/mol. The van der Waals surface area contributed by atoms with E-state index in [1.807, 2.05) is 19.1 Å². The van der Waals surface area contributed by atoms with Crippen LogP contribution >= 0.6 is 0 Å². The molecule has 0 saturated carbocycles. The minimum absolute atomic E-state index is 0.864. The topological polar surface area (TPSA) is 26.0 Å². The van der Waals surface area contributed by atoms with Crippen LogP contribution in [0.5, 0.6) is 0 Å². The molecule has 1 nitrogen and oxygen atoms in total. The van der Waals surface area contributed by atoms with E-state index >= 15 is 0 Å². The van der Waals surface area contributed by atoms with Crippen LogP contribution < -0.4 is 5.73 Å². The molecule has 64 valence electrons. The summed E-state index contributed by atoms with van der Waals surface area (Å²) in [5.74, 6) is 0. The highest BCUT2D eigenvalue weighted by Crippen LogP contribution is 2.16. The van der Waals surface area contributed by atoms with Gasteiger partial charge in [0, 0.05) is 5.69 Å². The largest absolute Gasteiger partial charge is 0.398 e. The molecule has 0 unspecified atom stereocenters. The third kappa shape index (κ3) is 2.12. The van der Waals surface area contributed by atoms with Crippen molar-refractivity contribution in [2.45, 2.75) is 20.3 Å². The van der Waals surface area contributed by atoms with Crippen molar-refractivity contribution in [1.29, 1.82) is 0 Å². The zero-order chi connectivity index (χ0) is 9.14. The predicted molar refractivity (Wildman–Crippen MR) is 54.1 cm³/mol. The Morgan fingerprint density at radius 2 is 2.17 bits per heavy atom. The molecule has 1 aromatic carbocycles. The lowest BCUT2D eigenvalue weighted by atomic mass is 10.0. The molecular formula is C11H15N. The summed E-state index contributed by atoms with van der Waals surface area (Å²) in [4.78, 5) is 0. The normalized spacial score (nSPS) is 9.83. The van der Waals surface area contributed by atoms with Crippen LogP contribution in [0.25, 0.3) is 0 Å². The molecule has 1 heteroatoms. The van der Waals surface area contributed by atoms with E-state index in [0.717, 1.165) is 17.7 Å². The number of rotatable bonds is 2. The van der Waals surface area contributed by atoms with Crippen LogP contribution in [0, 0.1) is 6.92 Å². The number of nitrogen functional groups attached to an aromatic ring is 1. The van der Waals surface area contributed by atoms with Gasteiger partial charge >= 0.3 is 0 Å². The fourth-order valence-electron chi connectivity index (χ4n) is 1.21. The molecule has 0 aliphatic rings. The van der Waals surface area contributed by atoms with Crippen molar-refractivity contribution < 1.29 is 0 Å². The Balaban J connectivity index is 2.97. The van der Waals surface area contributed by atoms with Crippen LogP contribution in [-0.2, 0) is 6.42 Å². The number of hydrogen-bond donors (Lipinski definition) is 1. The van der Waals surface area contributed by atoms with Crippen molar-refractivity contribution in [1.82, 2.24) is 0 Å². The maximum Gasteiger partial charge on any atom is 0.0350 e. The lowest BCUT2D eigenvalue weighted by Gasteiger charge is -2.05. The van der Waals surface area contributed by atoms with Gasteiger partial charge in [0.15, 0.2) is 0 Å². The second-order valence-electron chi connectivity index (χ2n) is 3.34. The van der Waals surface area contributed by atoms with Gasteiger partial charge in [0.25, 0.3) is 0 Å². The predicted octanol–water partition coefficient (Wildman–Crippen LogP) is 2.70. The fraction of sp³-hybridized carbons (Fsp3) is 0.273. The first-order valence-corrected chi connectivity index (χ1v) is 4.09. The molecule has 0 fully saturated rings. The van der Waals surface area contributed by atoms with Gasteiger partial charge in [-0.25, -0.2) is 0 Å². The van der Waals surface area contributed by atoms with E-state index in [1.54, 1.807) is 0 Å². The summed E-state index contributed by atoms with van der Waals surface area (Å²) in [6.45, 7) is 7.95.